The molecule has 5 nitrogen and oxygen atoms in total. The van der Waals surface area contributed by atoms with Crippen molar-refractivity contribution >= 4 is 12.0 Å². The van der Waals surface area contributed by atoms with E-state index >= 15 is 0 Å². The van der Waals surface area contributed by atoms with Gasteiger partial charge in [-0.15, -0.1) is 0 Å². The highest BCUT2D eigenvalue weighted by atomic mass is 19.4. The second-order valence-electron chi connectivity index (χ2n) is 5.73. The summed E-state index contributed by atoms with van der Waals surface area (Å²) < 4.78 is 37.1. The summed E-state index contributed by atoms with van der Waals surface area (Å²) in [6.07, 6.45) is -3.06. The maximum atomic E-state index is 12.4. The van der Waals surface area contributed by atoms with Crippen molar-refractivity contribution in [1.82, 2.24) is 9.80 Å². The van der Waals surface area contributed by atoms with Crippen molar-refractivity contribution in [2.24, 2.45) is 11.8 Å². The lowest BCUT2D eigenvalue weighted by Gasteiger charge is -2.39. The second-order valence-corrected chi connectivity index (χ2v) is 5.73. The molecule has 2 saturated heterocycles. The molecule has 2 fully saturated rings. The van der Waals surface area contributed by atoms with Crippen LogP contribution in [0.3, 0.4) is 0 Å². The average molecular weight is 308 g/mol. The number of amides is 2. The van der Waals surface area contributed by atoms with E-state index in [9.17, 15) is 22.8 Å². The van der Waals surface area contributed by atoms with Gasteiger partial charge in [-0.3, -0.25) is 4.79 Å². The molecule has 2 amide bonds. The molecule has 0 aromatic heterocycles. The third-order valence-corrected chi connectivity index (χ3v) is 4.55. The van der Waals surface area contributed by atoms with Crippen LogP contribution in [-0.4, -0.2) is 59.3 Å². The van der Waals surface area contributed by atoms with Gasteiger partial charge in [-0.1, -0.05) is 0 Å². The monoisotopic (exact) mass is 308 g/mol. The molecule has 0 saturated carbocycles. The molecule has 0 aliphatic carbocycles. The van der Waals surface area contributed by atoms with E-state index in [-0.39, 0.29) is 13.1 Å². The molecule has 21 heavy (non-hydrogen) atoms. The van der Waals surface area contributed by atoms with Crippen molar-refractivity contribution in [2.45, 2.75) is 31.9 Å². The summed E-state index contributed by atoms with van der Waals surface area (Å²) in [5, 5.41) is 8.88. The lowest BCUT2D eigenvalue weighted by atomic mass is 9.79. The zero-order valence-corrected chi connectivity index (χ0v) is 11.6. The number of alkyl halides is 3. The van der Waals surface area contributed by atoms with Crippen molar-refractivity contribution in [1.29, 1.82) is 0 Å². The van der Waals surface area contributed by atoms with Crippen molar-refractivity contribution < 1.29 is 27.9 Å². The maximum Gasteiger partial charge on any atom is 0.471 e. The molecular formula is C13H19F3N2O3. The van der Waals surface area contributed by atoms with Gasteiger partial charge in [-0.05, 0) is 37.5 Å². The zero-order valence-electron chi connectivity index (χ0n) is 11.6. The van der Waals surface area contributed by atoms with E-state index in [4.69, 9.17) is 5.11 Å². The molecule has 2 heterocycles. The number of carboxylic acid groups (broad SMARTS) is 1. The first kappa shape index (κ1) is 15.9. The molecule has 2 aliphatic rings. The van der Waals surface area contributed by atoms with E-state index < -0.39 is 18.2 Å². The number of halogens is 3. The normalized spacial score (nSPS) is 22.4. The number of hydrogen-bond acceptors (Lipinski definition) is 2. The standard InChI is InChI=1S/C13H19F3N2O3/c14-13(15,16)11(19)17-5-1-9(2-6-17)10-3-7-18(8-4-10)12(20)21/h9-10H,1-8H2,(H,20,21). The van der Waals surface area contributed by atoms with Crippen LogP contribution in [0.5, 0.6) is 0 Å². The number of nitrogens with zero attached hydrogens (tertiary/aromatic N) is 2. The van der Waals surface area contributed by atoms with Gasteiger partial charge in [0.05, 0.1) is 0 Å². The number of rotatable bonds is 1. The van der Waals surface area contributed by atoms with Crippen molar-refractivity contribution in [2.75, 3.05) is 26.2 Å². The van der Waals surface area contributed by atoms with Gasteiger partial charge in [-0.2, -0.15) is 13.2 Å². The predicted molar refractivity (Wildman–Crippen MR) is 67.7 cm³/mol. The van der Waals surface area contributed by atoms with Crippen LogP contribution in [0.15, 0.2) is 0 Å². The van der Waals surface area contributed by atoms with Crippen molar-refractivity contribution in [3.8, 4) is 0 Å². The molecule has 0 unspecified atom stereocenters. The Bertz CT molecular complexity index is 398. The van der Waals surface area contributed by atoms with Gasteiger partial charge in [0.25, 0.3) is 0 Å². The van der Waals surface area contributed by atoms with E-state index in [1.807, 2.05) is 0 Å². The highest BCUT2D eigenvalue weighted by Gasteiger charge is 2.43. The van der Waals surface area contributed by atoms with Crippen LogP contribution in [-0.2, 0) is 4.79 Å². The van der Waals surface area contributed by atoms with Gasteiger partial charge < -0.3 is 14.9 Å². The lowest BCUT2D eigenvalue weighted by Crippen LogP contribution is -2.47. The Morgan fingerprint density at radius 3 is 1.57 bits per heavy atom. The molecule has 0 radical (unpaired) electrons. The van der Waals surface area contributed by atoms with Crippen LogP contribution in [0.2, 0.25) is 0 Å². The Hall–Kier alpha value is -1.47. The SMILES string of the molecule is O=C(O)N1CCC(C2CCN(C(=O)C(F)(F)F)CC2)CC1. The number of carbonyl (C=O) groups is 2. The molecule has 0 aromatic rings. The highest BCUT2D eigenvalue weighted by molar-refractivity contribution is 5.81. The largest absolute Gasteiger partial charge is 0.471 e. The Morgan fingerprint density at radius 2 is 1.24 bits per heavy atom. The van der Waals surface area contributed by atoms with Gasteiger partial charge in [0, 0.05) is 26.2 Å². The molecule has 0 bridgehead atoms. The summed E-state index contributed by atoms with van der Waals surface area (Å²) in [6.45, 7) is 1.26. The molecule has 120 valence electrons. The maximum absolute atomic E-state index is 12.4. The van der Waals surface area contributed by atoms with Crippen LogP contribution in [0, 0.1) is 11.8 Å². The third kappa shape index (κ3) is 3.79. The number of hydrogen-bond donors (Lipinski definition) is 1. The van der Waals surface area contributed by atoms with E-state index in [1.54, 1.807) is 0 Å². The fraction of sp³-hybridized carbons (Fsp3) is 0.846. The van der Waals surface area contributed by atoms with Gasteiger partial charge in [0.1, 0.15) is 0 Å². The number of piperidine rings is 2. The van der Waals surface area contributed by atoms with E-state index in [0.717, 1.165) is 17.7 Å². The fourth-order valence-corrected chi connectivity index (χ4v) is 3.32. The summed E-state index contributed by atoms with van der Waals surface area (Å²) >= 11 is 0. The van der Waals surface area contributed by atoms with Gasteiger partial charge in [0.15, 0.2) is 0 Å². The van der Waals surface area contributed by atoms with E-state index in [2.05, 4.69) is 0 Å². The Morgan fingerprint density at radius 1 is 0.857 bits per heavy atom. The van der Waals surface area contributed by atoms with Crippen LogP contribution in [0.1, 0.15) is 25.7 Å². The summed E-state index contributed by atoms with van der Waals surface area (Å²) in [4.78, 5) is 24.2. The number of likely N-dealkylation sites (tertiary alicyclic amines) is 2. The van der Waals surface area contributed by atoms with Gasteiger partial charge >= 0.3 is 18.2 Å². The van der Waals surface area contributed by atoms with Gasteiger partial charge in [-0.25, -0.2) is 4.79 Å². The lowest BCUT2D eigenvalue weighted by molar-refractivity contribution is -0.187. The topological polar surface area (TPSA) is 60.9 Å². The average Bonchev–Trinajstić information content (AvgIpc) is 2.46. The van der Waals surface area contributed by atoms with Crippen LogP contribution >= 0.6 is 0 Å². The molecule has 8 heteroatoms. The fourth-order valence-electron chi connectivity index (χ4n) is 3.32. The van der Waals surface area contributed by atoms with Crippen LogP contribution in [0.25, 0.3) is 0 Å². The molecular weight excluding hydrogens is 289 g/mol. The van der Waals surface area contributed by atoms with E-state index in [1.165, 1.54) is 4.90 Å². The quantitative estimate of drug-likeness (QED) is 0.807. The minimum Gasteiger partial charge on any atom is -0.465 e. The first-order chi connectivity index (χ1) is 9.79. The summed E-state index contributed by atoms with van der Waals surface area (Å²) in [5.41, 5.74) is 0. The molecule has 1 N–H and O–H groups in total. The van der Waals surface area contributed by atoms with E-state index in [0.29, 0.717) is 37.8 Å². The minimum atomic E-state index is -4.79. The minimum absolute atomic E-state index is 0.141. The van der Waals surface area contributed by atoms with Crippen LogP contribution < -0.4 is 0 Å². The zero-order chi connectivity index (χ0) is 15.6. The van der Waals surface area contributed by atoms with Gasteiger partial charge in [0.2, 0.25) is 0 Å². The summed E-state index contributed by atoms with van der Waals surface area (Å²) in [7, 11) is 0. The first-order valence-corrected chi connectivity index (χ1v) is 7.13. The van der Waals surface area contributed by atoms with Crippen LogP contribution in [0.4, 0.5) is 18.0 Å². The second kappa shape index (κ2) is 6.11. The summed E-state index contributed by atoms with van der Waals surface area (Å²) in [6, 6.07) is 0. The van der Waals surface area contributed by atoms with Crippen molar-refractivity contribution in [3.63, 3.8) is 0 Å². The Balaban J connectivity index is 1.80. The third-order valence-electron chi connectivity index (χ3n) is 4.55. The molecule has 0 spiro atoms. The smallest absolute Gasteiger partial charge is 0.465 e. The molecule has 0 aromatic carbocycles. The highest BCUT2D eigenvalue weighted by Crippen LogP contribution is 2.33. The Labute approximate surface area is 120 Å². The Kier molecular flexibility index (Phi) is 4.63. The molecule has 2 aliphatic heterocycles. The molecule has 2 rings (SSSR count). The number of carbonyl (C=O) groups excluding carboxylic acids is 1. The first-order valence-electron chi connectivity index (χ1n) is 7.13. The molecule has 0 atom stereocenters. The summed E-state index contributed by atoms with van der Waals surface area (Å²) in [5.74, 6) is -1.11. The van der Waals surface area contributed by atoms with Crippen molar-refractivity contribution in [3.05, 3.63) is 0 Å². The predicted octanol–water partition coefficient (Wildman–Crippen LogP) is 2.18.